The Balaban J connectivity index is 2.00. The van der Waals surface area contributed by atoms with Gasteiger partial charge < -0.3 is 0 Å². The number of allylic oxidation sites excluding steroid dienone is 9. The van der Waals surface area contributed by atoms with Gasteiger partial charge >= 0.3 is 0 Å². The predicted molar refractivity (Wildman–Crippen MR) is 80.7 cm³/mol. The summed E-state index contributed by atoms with van der Waals surface area (Å²) in [6, 6.07) is 2.08. The Labute approximate surface area is 114 Å². The number of hydrogen-bond acceptors (Lipinski definition) is 1. The van der Waals surface area contributed by atoms with Crippen molar-refractivity contribution in [3.05, 3.63) is 83.8 Å². The molecular formula is C18H17N. The second kappa shape index (κ2) is 5.23. The molecule has 0 radical (unpaired) electrons. The van der Waals surface area contributed by atoms with Crippen LogP contribution in [0.25, 0.3) is 6.08 Å². The lowest BCUT2D eigenvalue weighted by Crippen LogP contribution is -2.08. The second-order valence-electron chi connectivity index (χ2n) is 5.01. The maximum Gasteiger partial charge on any atom is 0.0312 e. The maximum absolute atomic E-state index is 4.29. The molecule has 0 saturated heterocycles. The summed E-state index contributed by atoms with van der Waals surface area (Å²) in [5.74, 6) is 0.735. The largest absolute Gasteiger partial charge is 0.264 e. The molecule has 3 rings (SSSR count). The van der Waals surface area contributed by atoms with E-state index in [1.807, 2.05) is 12.4 Å². The molecule has 2 aliphatic carbocycles. The Morgan fingerprint density at radius 3 is 2.89 bits per heavy atom. The molecule has 94 valence electrons. The fourth-order valence-electron chi connectivity index (χ4n) is 2.59. The Hall–Kier alpha value is -2.15. The molecule has 0 bridgehead atoms. The fraction of sp³-hybridized carbons (Fsp3) is 0.167. The summed E-state index contributed by atoms with van der Waals surface area (Å²) in [6.07, 6.45) is 23.6. The number of rotatable bonds is 1. The van der Waals surface area contributed by atoms with Gasteiger partial charge in [-0.15, -0.1) is 0 Å². The molecule has 0 fully saturated rings. The molecule has 1 heteroatoms. The third-order valence-electron chi connectivity index (χ3n) is 3.64. The van der Waals surface area contributed by atoms with Gasteiger partial charge in [-0.1, -0.05) is 60.3 Å². The van der Waals surface area contributed by atoms with Crippen molar-refractivity contribution in [1.29, 1.82) is 0 Å². The summed E-state index contributed by atoms with van der Waals surface area (Å²) < 4.78 is 0. The average molecular weight is 247 g/mol. The smallest absolute Gasteiger partial charge is 0.0312 e. The normalized spacial score (nSPS) is 24.6. The molecule has 2 atom stereocenters. The standard InChI is InChI=1S/C18H17N/c1-14-5-4-7-15(10-9-14)17-8-3-2-6-16-11-12-19-13-18(16)17/h2-13,15,17H,1H3. The number of aromatic nitrogens is 1. The van der Waals surface area contributed by atoms with Crippen molar-refractivity contribution in [1.82, 2.24) is 4.98 Å². The Kier molecular flexibility index (Phi) is 3.28. The molecule has 2 aliphatic rings. The van der Waals surface area contributed by atoms with Crippen LogP contribution in [0.1, 0.15) is 24.0 Å². The molecule has 1 aromatic heterocycles. The first-order valence-corrected chi connectivity index (χ1v) is 6.67. The molecule has 2 unspecified atom stereocenters. The zero-order valence-corrected chi connectivity index (χ0v) is 11.0. The summed E-state index contributed by atoms with van der Waals surface area (Å²) in [5.41, 5.74) is 3.85. The molecule has 0 N–H and O–H groups in total. The Bertz CT molecular complexity index is 614. The highest BCUT2D eigenvalue weighted by molar-refractivity contribution is 5.58. The highest BCUT2D eigenvalue weighted by Gasteiger charge is 2.20. The van der Waals surface area contributed by atoms with E-state index in [9.17, 15) is 0 Å². The van der Waals surface area contributed by atoms with Crippen molar-refractivity contribution >= 4 is 6.08 Å². The van der Waals surface area contributed by atoms with Crippen LogP contribution in [0.4, 0.5) is 0 Å². The summed E-state index contributed by atoms with van der Waals surface area (Å²) in [4.78, 5) is 4.29. The van der Waals surface area contributed by atoms with E-state index in [0.29, 0.717) is 11.8 Å². The van der Waals surface area contributed by atoms with Crippen LogP contribution in [0.5, 0.6) is 0 Å². The van der Waals surface area contributed by atoms with Gasteiger partial charge in [0.1, 0.15) is 0 Å². The maximum atomic E-state index is 4.29. The summed E-state index contributed by atoms with van der Waals surface area (Å²) in [5, 5.41) is 0. The van der Waals surface area contributed by atoms with Crippen LogP contribution in [-0.2, 0) is 0 Å². The van der Waals surface area contributed by atoms with Crippen molar-refractivity contribution in [3.63, 3.8) is 0 Å². The van der Waals surface area contributed by atoms with E-state index < -0.39 is 0 Å². The van der Waals surface area contributed by atoms with E-state index in [1.165, 1.54) is 16.7 Å². The van der Waals surface area contributed by atoms with E-state index in [-0.39, 0.29) is 0 Å². The van der Waals surface area contributed by atoms with Crippen LogP contribution < -0.4 is 0 Å². The lowest BCUT2D eigenvalue weighted by atomic mass is 9.84. The van der Waals surface area contributed by atoms with Gasteiger partial charge in [-0.2, -0.15) is 0 Å². The molecule has 0 aliphatic heterocycles. The number of hydrogen-bond donors (Lipinski definition) is 0. The quantitative estimate of drug-likeness (QED) is 0.715. The van der Waals surface area contributed by atoms with E-state index in [0.717, 1.165) is 0 Å². The van der Waals surface area contributed by atoms with Crippen LogP contribution in [0, 0.1) is 5.92 Å². The van der Waals surface area contributed by atoms with Crippen molar-refractivity contribution in [2.24, 2.45) is 5.92 Å². The van der Waals surface area contributed by atoms with E-state index >= 15 is 0 Å². The number of pyridine rings is 1. The lowest BCUT2D eigenvalue weighted by molar-refractivity contribution is 0.704. The molecule has 19 heavy (non-hydrogen) atoms. The van der Waals surface area contributed by atoms with Crippen LogP contribution in [0.2, 0.25) is 0 Å². The molecule has 0 amide bonds. The van der Waals surface area contributed by atoms with Crippen LogP contribution >= 0.6 is 0 Å². The van der Waals surface area contributed by atoms with Gasteiger partial charge in [0.25, 0.3) is 0 Å². The molecule has 0 spiro atoms. The molecule has 1 heterocycles. The highest BCUT2D eigenvalue weighted by atomic mass is 14.6. The third-order valence-corrected chi connectivity index (χ3v) is 3.64. The van der Waals surface area contributed by atoms with E-state index in [2.05, 4.69) is 72.7 Å². The van der Waals surface area contributed by atoms with Crippen LogP contribution in [0.3, 0.4) is 0 Å². The molecular weight excluding hydrogens is 230 g/mol. The topological polar surface area (TPSA) is 12.9 Å². The minimum Gasteiger partial charge on any atom is -0.264 e. The van der Waals surface area contributed by atoms with Crippen molar-refractivity contribution in [2.75, 3.05) is 0 Å². The average Bonchev–Trinajstić information content (AvgIpc) is 2.76. The fourth-order valence-corrected chi connectivity index (χ4v) is 2.59. The first-order valence-electron chi connectivity index (χ1n) is 6.67. The van der Waals surface area contributed by atoms with Crippen LogP contribution in [-0.4, -0.2) is 4.98 Å². The SMILES string of the molecule is CC1=CC=CC(C2C=CC=Cc3ccncc32)C=C1. The molecule has 0 saturated carbocycles. The van der Waals surface area contributed by atoms with Gasteiger partial charge in [-0.25, -0.2) is 0 Å². The Morgan fingerprint density at radius 2 is 1.95 bits per heavy atom. The lowest BCUT2D eigenvalue weighted by Gasteiger charge is -2.20. The van der Waals surface area contributed by atoms with Gasteiger partial charge in [-0.3, -0.25) is 4.98 Å². The van der Waals surface area contributed by atoms with Crippen LogP contribution in [0.15, 0.2) is 72.6 Å². The van der Waals surface area contributed by atoms with E-state index in [1.54, 1.807) is 0 Å². The predicted octanol–water partition coefficient (Wildman–Crippen LogP) is 4.44. The molecule has 1 nitrogen and oxygen atoms in total. The van der Waals surface area contributed by atoms with Gasteiger partial charge in [0.05, 0.1) is 0 Å². The minimum atomic E-state index is 0.352. The zero-order chi connectivity index (χ0) is 13.1. The number of fused-ring (bicyclic) bond motifs is 1. The summed E-state index contributed by atoms with van der Waals surface area (Å²) in [7, 11) is 0. The Morgan fingerprint density at radius 1 is 1.00 bits per heavy atom. The van der Waals surface area contributed by atoms with Crippen molar-refractivity contribution in [2.45, 2.75) is 12.8 Å². The zero-order valence-electron chi connectivity index (χ0n) is 11.0. The summed E-state index contributed by atoms with van der Waals surface area (Å²) in [6.45, 7) is 2.13. The molecule has 0 aromatic carbocycles. The highest BCUT2D eigenvalue weighted by Crippen LogP contribution is 2.33. The number of nitrogens with zero attached hydrogens (tertiary/aromatic N) is 1. The first-order chi connectivity index (χ1) is 9.34. The van der Waals surface area contributed by atoms with Gasteiger partial charge in [0, 0.05) is 24.2 Å². The summed E-state index contributed by atoms with van der Waals surface area (Å²) >= 11 is 0. The van der Waals surface area contributed by atoms with Gasteiger partial charge in [-0.05, 0) is 24.1 Å². The van der Waals surface area contributed by atoms with Gasteiger partial charge in [0.15, 0.2) is 0 Å². The van der Waals surface area contributed by atoms with Crippen molar-refractivity contribution < 1.29 is 0 Å². The monoisotopic (exact) mass is 247 g/mol. The third kappa shape index (κ3) is 2.50. The minimum absolute atomic E-state index is 0.352. The molecule has 1 aromatic rings. The van der Waals surface area contributed by atoms with E-state index in [4.69, 9.17) is 0 Å². The second-order valence-corrected chi connectivity index (χ2v) is 5.01. The van der Waals surface area contributed by atoms with Gasteiger partial charge in [0.2, 0.25) is 0 Å². The first kappa shape index (κ1) is 11.9. The van der Waals surface area contributed by atoms with Crippen molar-refractivity contribution in [3.8, 4) is 0 Å².